The van der Waals surface area contributed by atoms with Crippen LogP contribution in [0.2, 0.25) is 0 Å². The lowest BCUT2D eigenvalue weighted by molar-refractivity contribution is -0.139. The van der Waals surface area contributed by atoms with E-state index in [1.54, 1.807) is 30.3 Å². The van der Waals surface area contributed by atoms with Crippen molar-refractivity contribution in [1.82, 2.24) is 0 Å². The Labute approximate surface area is 174 Å². The minimum absolute atomic E-state index is 0.116. The van der Waals surface area contributed by atoms with Crippen LogP contribution in [0.4, 0.5) is 4.39 Å². The minimum Gasteiger partial charge on any atom is -0.489 e. The molecule has 0 saturated heterocycles. The van der Waals surface area contributed by atoms with Crippen LogP contribution < -0.4 is 10.5 Å². The molecule has 0 spiro atoms. The van der Waals surface area contributed by atoms with Crippen LogP contribution in [0.15, 0.2) is 66.7 Å². The maximum atomic E-state index is 14.8. The second-order valence-electron chi connectivity index (χ2n) is 6.77. The lowest BCUT2D eigenvalue weighted by Gasteiger charge is -2.12. The van der Waals surface area contributed by atoms with Crippen molar-refractivity contribution in [3.63, 3.8) is 0 Å². The number of amides is 1. The largest absolute Gasteiger partial charge is 0.489 e. The summed E-state index contributed by atoms with van der Waals surface area (Å²) >= 11 is 0. The molecule has 0 aliphatic rings. The first-order valence-corrected chi connectivity index (χ1v) is 9.40. The van der Waals surface area contributed by atoms with Crippen molar-refractivity contribution in [3.05, 3.63) is 89.2 Å². The highest BCUT2D eigenvalue weighted by atomic mass is 19.1. The summed E-state index contributed by atoms with van der Waals surface area (Å²) < 4.78 is 25.5. The molecule has 6 heteroatoms. The number of esters is 1. The fourth-order valence-electron chi connectivity index (χ4n) is 3.14. The number of primary amides is 1. The third-order valence-electron chi connectivity index (χ3n) is 4.61. The van der Waals surface area contributed by atoms with Gasteiger partial charge in [0.05, 0.1) is 20.0 Å². The van der Waals surface area contributed by atoms with E-state index < -0.39 is 11.7 Å². The van der Waals surface area contributed by atoms with Gasteiger partial charge in [-0.25, -0.2) is 4.39 Å². The Morgan fingerprint density at radius 1 is 0.933 bits per heavy atom. The van der Waals surface area contributed by atoms with E-state index in [1.807, 2.05) is 36.4 Å². The predicted octanol–water partition coefficient (Wildman–Crippen LogP) is 3.82. The summed E-state index contributed by atoms with van der Waals surface area (Å²) in [5, 5.41) is 0. The summed E-state index contributed by atoms with van der Waals surface area (Å²) in [5.41, 5.74) is 8.08. The Morgan fingerprint density at radius 2 is 1.67 bits per heavy atom. The van der Waals surface area contributed by atoms with Crippen molar-refractivity contribution < 1.29 is 23.5 Å². The van der Waals surface area contributed by atoms with E-state index in [9.17, 15) is 14.0 Å². The Morgan fingerprint density at radius 3 is 2.43 bits per heavy atom. The van der Waals surface area contributed by atoms with Crippen molar-refractivity contribution >= 4 is 11.9 Å². The zero-order chi connectivity index (χ0) is 21.5. The highest BCUT2D eigenvalue weighted by Gasteiger charge is 2.13. The molecule has 1 amide bonds. The van der Waals surface area contributed by atoms with Crippen LogP contribution in [0.5, 0.6) is 5.75 Å². The molecule has 0 aliphatic carbocycles. The molecule has 0 heterocycles. The summed E-state index contributed by atoms with van der Waals surface area (Å²) in [6.45, 7) is 0.245. The highest BCUT2D eigenvalue weighted by molar-refractivity contribution is 5.77. The number of halogens is 1. The number of hydrogen-bond acceptors (Lipinski definition) is 4. The summed E-state index contributed by atoms with van der Waals surface area (Å²) in [7, 11) is 1.34. The van der Waals surface area contributed by atoms with E-state index in [0.29, 0.717) is 16.9 Å². The molecule has 5 nitrogen and oxygen atoms in total. The molecule has 0 aliphatic heterocycles. The number of carbonyl (C=O) groups excluding carboxylic acids is 2. The third-order valence-corrected chi connectivity index (χ3v) is 4.61. The smallest absolute Gasteiger partial charge is 0.310 e. The normalized spacial score (nSPS) is 10.5. The fraction of sp³-hybridized carbons (Fsp3) is 0.167. The van der Waals surface area contributed by atoms with Gasteiger partial charge in [0, 0.05) is 11.1 Å². The number of benzene rings is 3. The summed E-state index contributed by atoms with van der Waals surface area (Å²) in [6.07, 6.45) is -0.0377. The third kappa shape index (κ3) is 5.23. The zero-order valence-electron chi connectivity index (χ0n) is 16.6. The minimum atomic E-state index is -0.584. The van der Waals surface area contributed by atoms with E-state index in [0.717, 1.165) is 11.1 Å². The zero-order valence-corrected chi connectivity index (χ0v) is 16.6. The quantitative estimate of drug-likeness (QED) is 0.576. The number of hydrogen-bond donors (Lipinski definition) is 1. The molecule has 0 fully saturated rings. The molecule has 3 aromatic carbocycles. The van der Waals surface area contributed by atoms with Crippen molar-refractivity contribution in [2.45, 2.75) is 19.4 Å². The van der Waals surface area contributed by atoms with Gasteiger partial charge in [-0.1, -0.05) is 54.6 Å². The maximum absolute atomic E-state index is 14.8. The first kappa shape index (κ1) is 21.0. The van der Waals surface area contributed by atoms with Crippen molar-refractivity contribution in [2.75, 3.05) is 7.11 Å². The number of carbonyl (C=O) groups is 2. The Kier molecular flexibility index (Phi) is 6.80. The van der Waals surface area contributed by atoms with Gasteiger partial charge in [-0.05, 0) is 28.8 Å². The first-order chi connectivity index (χ1) is 14.5. The van der Waals surface area contributed by atoms with Crippen molar-refractivity contribution in [2.24, 2.45) is 5.73 Å². The molecule has 3 aromatic rings. The van der Waals surface area contributed by atoms with Crippen LogP contribution in [0.25, 0.3) is 11.1 Å². The topological polar surface area (TPSA) is 78.6 Å². The summed E-state index contributed by atoms with van der Waals surface area (Å²) in [5.74, 6) is -0.807. The van der Waals surface area contributed by atoms with Crippen molar-refractivity contribution in [1.29, 1.82) is 0 Å². The van der Waals surface area contributed by atoms with E-state index in [4.69, 9.17) is 15.2 Å². The molecule has 154 valence electrons. The molecule has 0 bridgehead atoms. The standard InChI is InChI=1S/C24H22FNO4/c1-29-23(28)14-18-7-2-3-11-21(18)30-15-16-6-4-8-17(12-16)20-10-5-9-19(24(20)25)13-22(26)27/h2-12H,13-15H2,1H3,(H2,26,27). The maximum Gasteiger partial charge on any atom is 0.310 e. The van der Waals surface area contributed by atoms with Gasteiger partial charge in [0.25, 0.3) is 0 Å². The SMILES string of the molecule is COC(=O)Cc1ccccc1OCc1cccc(-c2cccc(CC(N)=O)c2F)c1. The van der Waals surface area contributed by atoms with Gasteiger partial charge in [-0.2, -0.15) is 0 Å². The number of methoxy groups -OCH3 is 1. The van der Waals surface area contributed by atoms with Gasteiger partial charge < -0.3 is 15.2 Å². The molecule has 0 unspecified atom stereocenters. The molecular formula is C24H22FNO4. The predicted molar refractivity (Wildman–Crippen MR) is 111 cm³/mol. The second-order valence-corrected chi connectivity index (χ2v) is 6.77. The Bertz CT molecular complexity index is 1060. The Balaban J connectivity index is 1.80. The van der Waals surface area contributed by atoms with E-state index in [1.165, 1.54) is 7.11 Å². The lowest BCUT2D eigenvalue weighted by Crippen LogP contribution is -2.14. The number of nitrogens with two attached hydrogens (primary N) is 1. The number of ether oxygens (including phenoxy) is 2. The van der Waals surface area contributed by atoms with Crippen LogP contribution in [-0.2, 0) is 33.8 Å². The van der Waals surface area contributed by atoms with Crippen LogP contribution in [0.3, 0.4) is 0 Å². The average molecular weight is 407 g/mol. The first-order valence-electron chi connectivity index (χ1n) is 9.40. The van der Waals surface area contributed by atoms with Crippen LogP contribution in [0.1, 0.15) is 16.7 Å². The molecule has 0 radical (unpaired) electrons. The fourth-order valence-corrected chi connectivity index (χ4v) is 3.14. The number of para-hydroxylation sites is 1. The summed E-state index contributed by atoms with van der Waals surface area (Å²) in [6, 6.07) is 19.5. The molecular weight excluding hydrogens is 385 g/mol. The van der Waals surface area contributed by atoms with Gasteiger partial charge in [-0.3, -0.25) is 9.59 Å². The number of rotatable bonds is 8. The molecule has 0 saturated carbocycles. The van der Waals surface area contributed by atoms with E-state index >= 15 is 0 Å². The van der Waals surface area contributed by atoms with Crippen LogP contribution in [0, 0.1) is 5.82 Å². The van der Waals surface area contributed by atoms with Gasteiger partial charge in [0.15, 0.2) is 0 Å². The van der Waals surface area contributed by atoms with Crippen LogP contribution in [-0.4, -0.2) is 19.0 Å². The lowest BCUT2D eigenvalue weighted by atomic mass is 9.99. The molecule has 0 atom stereocenters. The van der Waals surface area contributed by atoms with Crippen LogP contribution >= 0.6 is 0 Å². The molecule has 30 heavy (non-hydrogen) atoms. The van der Waals surface area contributed by atoms with Gasteiger partial charge in [0.1, 0.15) is 18.2 Å². The van der Waals surface area contributed by atoms with Gasteiger partial charge >= 0.3 is 5.97 Å². The summed E-state index contributed by atoms with van der Waals surface area (Å²) in [4.78, 5) is 22.8. The highest BCUT2D eigenvalue weighted by Crippen LogP contribution is 2.27. The monoisotopic (exact) mass is 407 g/mol. The van der Waals surface area contributed by atoms with Crippen molar-refractivity contribution in [3.8, 4) is 16.9 Å². The Hall–Kier alpha value is -3.67. The average Bonchev–Trinajstić information content (AvgIpc) is 2.74. The second kappa shape index (κ2) is 9.69. The van der Waals surface area contributed by atoms with E-state index in [-0.39, 0.29) is 31.0 Å². The van der Waals surface area contributed by atoms with E-state index in [2.05, 4.69) is 0 Å². The molecule has 3 rings (SSSR count). The van der Waals surface area contributed by atoms with Gasteiger partial charge in [0.2, 0.25) is 5.91 Å². The molecule has 2 N–H and O–H groups in total. The van der Waals surface area contributed by atoms with Gasteiger partial charge in [-0.15, -0.1) is 0 Å². The molecule has 0 aromatic heterocycles.